The van der Waals surface area contributed by atoms with Gasteiger partial charge in [-0.25, -0.2) is 0 Å². The molecule has 0 saturated heterocycles. The molecule has 2 heteroatoms. The Balaban J connectivity index is 2.95. The first kappa shape index (κ1) is 6.92. The molecule has 0 aliphatic heterocycles. The SMILES string of the molecule is CC(N)C[C@H](C)O. The second-order valence-corrected chi connectivity index (χ2v) is 2.06. The molecule has 1 unspecified atom stereocenters. The van der Waals surface area contributed by atoms with E-state index in [1.165, 1.54) is 0 Å². The summed E-state index contributed by atoms with van der Waals surface area (Å²) in [5, 5.41) is 8.64. The molecular weight excluding hydrogens is 90.1 g/mol. The third-order valence-corrected chi connectivity index (χ3v) is 0.713. The van der Waals surface area contributed by atoms with Crippen molar-refractivity contribution < 1.29 is 5.11 Å². The lowest BCUT2D eigenvalue weighted by Crippen LogP contribution is -2.20. The maximum absolute atomic E-state index is 8.64. The van der Waals surface area contributed by atoms with Gasteiger partial charge in [0.1, 0.15) is 0 Å². The molecular formula is C5H13NO. The van der Waals surface area contributed by atoms with E-state index in [1.807, 2.05) is 6.92 Å². The number of rotatable bonds is 2. The van der Waals surface area contributed by atoms with Crippen LogP contribution in [-0.4, -0.2) is 17.3 Å². The van der Waals surface area contributed by atoms with Crippen LogP contribution in [0.15, 0.2) is 0 Å². The summed E-state index contributed by atoms with van der Waals surface area (Å²) in [6, 6.07) is 0.125. The van der Waals surface area contributed by atoms with Gasteiger partial charge < -0.3 is 10.8 Å². The molecule has 7 heavy (non-hydrogen) atoms. The normalized spacial score (nSPS) is 18.9. The van der Waals surface area contributed by atoms with Gasteiger partial charge in [0.05, 0.1) is 6.10 Å². The number of aliphatic hydroxyl groups excluding tert-OH is 1. The predicted molar refractivity (Wildman–Crippen MR) is 29.9 cm³/mol. The van der Waals surface area contributed by atoms with E-state index in [-0.39, 0.29) is 12.1 Å². The van der Waals surface area contributed by atoms with Crippen molar-refractivity contribution in [3.63, 3.8) is 0 Å². The summed E-state index contributed by atoms with van der Waals surface area (Å²) in [5.41, 5.74) is 5.33. The average molecular weight is 103 g/mol. The highest BCUT2D eigenvalue weighted by Gasteiger charge is 1.97. The zero-order valence-corrected chi connectivity index (χ0v) is 4.89. The Kier molecular flexibility index (Phi) is 2.96. The van der Waals surface area contributed by atoms with E-state index < -0.39 is 0 Å². The molecule has 0 radical (unpaired) electrons. The van der Waals surface area contributed by atoms with E-state index in [1.54, 1.807) is 6.92 Å². The molecule has 0 rings (SSSR count). The van der Waals surface area contributed by atoms with Crippen LogP contribution in [0.5, 0.6) is 0 Å². The number of aliphatic hydroxyl groups is 1. The smallest absolute Gasteiger partial charge is 0.0526 e. The molecule has 0 aromatic rings. The maximum Gasteiger partial charge on any atom is 0.0526 e. The lowest BCUT2D eigenvalue weighted by atomic mass is 10.2. The highest BCUT2D eigenvalue weighted by molar-refractivity contribution is 4.56. The fourth-order valence-electron chi connectivity index (χ4n) is 0.538. The van der Waals surface area contributed by atoms with Crippen molar-refractivity contribution in [3.8, 4) is 0 Å². The van der Waals surface area contributed by atoms with Gasteiger partial charge in [0, 0.05) is 6.04 Å². The third kappa shape index (κ3) is 5.92. The van der Waals surface area contributed by atoms with Crippen LogP contribution in [0.3, 0.4) is 0 Å². The monoisotopic (exact) mass is 103 g/mol. The number of hydrogen-bond donors (Lipinski definition) is 2. The first-order valence-electron chi connectivity index (χ1n) is 2.56. The van der Waals surface area contributed by atoms with Crippen LogP contribution in [0.4, 0.5) is 0 Å². The summed E-state index contributed by atoms with van der Waals surface area (Å²) in [6.45, 7) is 3.62. The Bertz CT molecular complexity index is 37.3. The highest BCUT2D eigenvalue weighted by atomic mass is 16.3. The van der Waals surface area contributed by atoms with Crippen molar-refractivity contribution in [1.29, 1.82) is 0 Å². The topological polar surface area (TPSA) is 46.2 Å². The van der Waals surface area contributed by atoms with Crippen LogP contribution in [0.25, 0.3) is 0 Å². The minimum absolute atomic E-state index is 0.125. The summed E-state index contributed by atoms with van der Waals surface area (Å²) in [4.78, 5) is 0. The Morgan fingerprint density at radius 2 is 2.00 bits per heavy atom. The van der Waals surface area contributed by atoms with E-state index in [0.29, 0.717) is 6.42 Å². The van der Waals surface area contributed by atoms with Crippen molar-refractivity contribution in [3.05, 3.63) is 0 Å². The van der Waals surface area contributed by atoms with E-state index >= 15 is 0 Å². The first-order chi connectivity index (χ1) is 3.13. The molecule has 0 fully saturated rings. The van der Waals surface area contributed by atoms with Crippen molar-refractivity contribution in [1.82, 2.24) is 0 Å². The first-order valence-corrected chi connectivity index (χ1v) is 2.56. The minimum atomic E-state index is -0.250. The molecule has 0 heterocycles. The molecule has 0 saturated carbocycles. The predicted octanol–water partition coefficient (Wildman–Crippen LogP) is 0.105. The molecule has 0 aliphatic rings. The van der Waals surface area contributed by atoms with Crippen LogP contribution < -0.4 is 5.73 Å². The van der Waals surface area contributed by atoms with Gasteiger partial charge in [-0.15, -0.1) is 0 Å². The van der Waals surface area contributed by atoms with Crippen molar-refractivity contribution in [2.75, 3.05) is 0 Å². The van der Waals surface area contributed by atoms with Crippen molar-refractivity contribution in [2.24, 2.45) is 5.73 Å². The number of nitrogens with two attached hydrogens (primary N) is 1. The minimum Gasteiger partial charge on any atom is -0.393 e. The summed E-state index contributed by atoms with van der Waals surface area (Å²) in [7, 11) is 0. The van der Waals surface area contributed by atoms with Gasteiger partial charge in [-0.2, -0.15) is 0 Å². The average Bonchev–Trinajstić information content (AvgIpc) is 1.27. The molecule has 0 aromatic carbocycles. The quantitative estimate of drug-likeness (QED) is 0.521. The van der Waals surface area contributed by atoms with Crippen molar-refractivity contribution >= 4 is 0 Å². The molecule has 0 bridgehead atoms. The molecule has 0 amide bonds. The van der Waals surface area contributed by atoms with E-state index in [9.17, 15) is 0 Å². The molecule has 44 valence electrons. The fourth-order valence-corrected chi connectivity index (χ4v) is 0.538. The van der Waals surface area contributed by atoms with Gasteiger partial charge in [0.2, 0.25) is 0 Å². The molecule has 2 atom stereocenters. The van der Waals surface area contributed by atoms with E-state index in [4.69, 9.17) is 10.8 Å². The number of hydrogen-bond acceptors (Lipinski definition) is 2. The second-order valence-electron chi connectivity index (χ2n) is 2.06. The molecule has 3 N–H and O–H groups in total. The Morgan fingerprint density at radius 1 is 1.57 bits per heavy atom. The summed E-state index contributed by atoms with van der Waals surface area (Å²) < 4.78 is 0. The van der Waals surface area contributed by atoms with Gasteiger partial charge in [-0.3, -0.25) is 0 Å². The van der Waals surface area contributed by atoms with Gasteiger partial charge in [-0.05, 0) is 20.3 Å². The molecule has 0 aromatic heterocycles. The van der Waals surface area contributed by atoms with Crippen molar-refractivity contribution in [2.45, 2.75) is 32.4 Å². The van der Waals surface area contributed by atoms with Crippen LogP contribution in [0, 0.1) is 0 Å². The third-order valence-electron chi connectivity index (χ3n) is 0.713. The summed E-state index contributed by atoms with van der Waals surface area (Å²) >= 11 is 0. The largest absolute Gasteiger partial charge is 0.393 e. The van der Waals surface area contributed by atoms with E-state index in [0.717, 1.165) is 0 Å². The van der Waals surface area contributed by atoms with Gasteiger partial charge in [-0.1, -0.05) is 0 Å². The van der Waals surface area contributed by atoms with Gasteiger partial charge in [0.15, 0.2) is 0 Å². The standard InChI is InChI=1S/C5H13NO/c1-4(6)3-5(2)7/h4-5,7H,3,6H2,1-2H3/t4?,5-/m0/s1. The summed E-state index contributed by atoms with van der Waals surface area (Å²) in [5.74, 6) is 0. The zero-order chi connectivity index (χ0) is 5.86. The Hall–Kier alpha value is -0.0800. The fraction of sp³-hybridized carbons (Fsp3) is 1.00. The van der Waals surface area contributed by atoms with Crippen LogP contribution in [0.1, 0.15) is 20.3 Å². The molecule has 2 nitrogen and oxygen atoms in total. The molecule has 0 aliphatic carbocycles. The highest BCUT2D eigenvalue weighted by Crippen LogP contribution is 1.91. The lowest BCUT2D eigenvalue weighted by Gasteiger charge is -2.05. The van der Waals surface area contributed by atoms with Crippen LogP contribution in [-0.2, 0) is 0 Å². The maximum atomic E-state index is 8.64. The lowest BCUT2D eigenvalue weighted by molar-refractivity contribution is 0.177. The Labute approximate surface area is 44.3 Å². The van der Waals surface area contributed by atoms with E-state index in [2.05, 4.69) is 0 Å². The Morgan fingerprint density at radius 3 is 2.00 bits per heavy atom. The van der Waals surface area contributed by atoms with Crippen LogP contribution in [0.2, 0.25) is 0 Å². The zero-order valence-electron chi connectivity index (χ0n) is 4.89. The van der Waals surface area contributed by atoms with Crippen LogP contribution >= 0.6 is 0 Å². The summed E-state index contributed by atoms with van der Waals surface area (Å²) in [6.07, 6.45) is 0.444. The van der Waals surface area contributed by atoms with Gasteiger partial charge >= 0.3 is 0 Å². The second kappa shape index (κ2) is 2.99. The molecule has 0 spiro atoms. The van der Waals surface area contributed by atoms with Gasteiger partial charge in [0.25, 0.3) is 0 Å².